The number of hydrogen-bond acceptors (Lipinski definition) is 5. The van der Waals surface area contributed by atoms with Crippen LogP contribution in [0.5, 0.6) is 0 Å². The number of esters is 2. The lowest BCUT2D eigenvalue weighted by Crippen LogP contribution is -2.25. The van der Waals surface area contributed by atoms with Crippen LogP contribution in [0.25, 0.3) is 5.69 Å². The Hall–Kier alpha value is -2.63. The summed E-state index contributed by atoms with van der Waals surface area (Å²) >= 11 is 0. The van der Waals surface area contributed by atoms with Crippen molar-refractivity contribution >= 4 is 11.9 Å². The quantitative estimate of drug-likeness (QED) is 0.811. The number of rotatable bonds is 4. The third kappa shape index (κ3) is 4.18. The van der Waals surface area contributed by atoms with Crippen LogP contribution < -0.4 is 0 Å². The summed E-state index contributed by atoms with van der Waals surface area (Å²) in [5.74, 6) is -1.13. The Kier molecular flexibility index (Phi) is 4.83. The number of carbonyl (C=O) groups is 2. The zero-order chi connectivity index (χ0) is 17.0. The standard InChI is InChI=1S/C17H20N2O4/c1-5-22-15(20)13-11-14(16(21)23-17(2,3)4)19(18-13)12-9-7-6-8-10-12/h6-11H,5H2,1-4H3. The van der Waals surface area contributed by atoms with Crippen LogP contribution in [0.4, 0.5) is 0 Å². The van der Waals surface area contributed by atoms with Crippen LogP contribution in [0.15, 0.2) is 36.4 Å². The average molecular weight is 316 g/mol. The lowest BCUT2D eigenvalue weighted by atomic mass is 10.2. The van der Waals surface area contributed by atoms with Crippen LogP contribution in [0, 0.1) is 0 Å². The van der Waals surface area contributed by atoms with Crippen LogP contribution in [0.1, 0.15) is 48.7 Å². The zero-order valence-electron chi connectivity index (χ0n) is 13.7. The van der Waals surface area contributed by atoms with Gasteiger partial charge in [0.15, 0.2) is 11.4 Å². The van der Waals surface area contributed by atoms with E-state index in [4.69, 9.17) is 9.47 Å². The monoisotopic (exact) mass is 316 g/mol. The Balaban J connectivity index is 2.46. The van der Waals surface area contributed by atoms with E-state index in [1.54, 1.807) is 39.8 Å². The fraction of sp³-hybridized carbons (Fsp3) is 0.353. The normalized spacial score (nSPS) is 11.1. The summed E-state index contributed by atoms with van der Waals surface area (Å²) < 4.78 is 11.7. The lowest BCUT2D eigenvalue weighted by molar-refractivity contribution is 0.00592. The molecule has 0 amide bonds. The Morgan fingerprint density at radius 3 is 2.35 bits per heavy atom. The minimum Gasteiger partial charge on any atom is -0.461 e. The zero-order valence-corrected chi connectivity index (χ0v) is 13.7. The fourth-order valence-electron chi connectivity index (χ4n) is 1.93. The first-order chi connectivity index (χ1) is 10.8. The highest BCUT2D eigenvalue weighted by Crippen LogP contribution is 2.17. The third-order valence-corrected chi connectivity index (χ3v) is 2.80. The third-order valence-electron chi connectivity index (χ3n) is 2.80. The van der Waals surface area contributed by atoms with Gasteiger partial charge in [0.1, 0.15) is 5.60 Å². The summed E-state index contributed by atoms with van der Waals surface area (Å²) in [5.41, 5.74) is 0.252. The summed E-state index contributed by atoms with van der Waals surface area (Å²) in [6.07, 6.45) is 0. The molecule has 0 fully saturated rings. The molecule has 0 saturated carbocycles. The van der Waals surface area contributed by atoms with Crippen molar-refractivity contribution in [2.75, 3.05) is 6.61 Å². The number of benzene rings is 1. The van der Waals surface area contributed by atoms with Gasteiger partial charge in [-0.05, 0) is 39.8 Å². The molecule has 0 saturated heterocycles. The Bertz CT molecular complexity index is 699. The molecule has 0 aliphatic rings. The van der Waals surface area contributed by atoms with Crippen molar-refractivity contribution in [1.29, 1.82) is 0 Å². The van der Waals surface area contributed by atoms with Crippen LogP contribution in [-0.2, 0) is 9.47 Å². The molecular weight excluding hydrogens is 296 g/mol. The maximum absolute atomic E-state index is 12.4. The van der Waals surface area contributed by atoms with Gasteiger partial charge in [-0.25, -0.2) is 14.3 Å². The number of para-hydroxylation sites is 1. The molecule has 6 heteroatoms. The molecule has 1 aromatic carbocycles. The van der Waals surface area contributed by atoms with Crippen molar-refractivity contribution in [3.05, 3.63) is 47.8 Å². The average Bonchev–Trinajstić information content (AvgIpc) is 2.92. The maximum atomic E-state index is 12.4. The Morgan fingerprint density at radius 1 is 1.13 bits per heavy atom. The summed E-state index contributed by atoms with van der Waals surface area (Å²) in [5, 5.41) is 4.19. The van der Waals surface area contributed by atoms with E-state index >= 15 is 0 Å². The van der Waals surface area contributed by atoms with Crippen molar-refractivity contribution in [1.82, 2.24) is 9.78 Å². The van der Waals surface area contributed by atoms with Gasteiger partial charge in [-0.1, -0.05) is 18.2 Å². The van der Waals surface area contributed by atoms with E-state index < -0.39 is 17.5 Å². The van der Waals surface area contributed by atoms with Gasteiger partial charge < -0.3 is 9.47 Å². The highest BCUT2D eigenvalue weighted by Gasteiger charge is 2.25. The van der Waals surface area contributed by atoms with Gasteiger partial charge in [0.2, 0.25) is 0 Å². The molecule has 1 heterocycles. The molecule has 23 heavy (non-hydrogen) atoms. The van der Waals surface area contributed by atoms with Crippen molar-refractivity contribution in [2.24, 2.45) is 0 Å². The Morgan fingerprint density at radius 2 is 1.78 bits per heavy atom. The van der Waals surface area contributed by atoms with Gasteiger partial charge in [0.05, 0.1) is 12.3 Å². The molecule has 0 unspecified atom stereocenters. The van der Waals surface area contributed by atoms with Crippen molar-refractivity contribution < 1.29 is 19.1 Å². The molecule has 0 radical (unpaired) electrons. The second-order valence-electron chi connectivity index (χ2n) is 5.88. The van der Waals surface area contributed by atoms with E-state index in [1.807, 2.05) is 18.2 Å². The molecule has 2 rings (SSSR count). The molecule has 0 aliphatic carbocycles. The van der Waals surface area contributed by atoms with Crippen LogP contribution >= 0.6 is 0 Å². The first-order valence-electron chi connectivity index (χ1n) is 7.38. The van der Waals surface area contributed by atoms with E-state index in [9.17, 15) is 9.59 Å². The predicted octanol–water partition coefficient (Wildman–Crippen LogP) is 3.00. The number of hydrogen-bond donors (Lipinski definition) is 0. The van der Waals surface area contributed by atoms with Gasteiger partial charge in [-0.2, -0.15) is 5.10 Å². The summed E-state index contributed by atoms with van der Waals surface area (Å²) in [6, 6.07) is 10.5. The van der Waals surface area contributed by atoms with Crippen LogP contribution in [0.2, 0.25) is 0 Å². The highest BCUT2D eigenvalue weighted by atomic mass is 16.6. The molecule has 0 N–H and O–H groups in total. The summed E-state index contributed by atoms with van der Waals surface area (Å²) in [4.78, 5) is 24.3. The highest BCUT2D eigenvalue weighted by molar-refractivity contribution is 5.94. The van der Waals surface area contributed by atoms with E-state index in [-0.39, 0.29) is 18.0 Å². The van der Waals surface area contributed by atoms with Gasteiger partial charge in [0.25, 0.3) is 0 Å². The summed E-state index contributed by atoms with van der Waals surface area (Å²) in [6.45, 7) is 7.28. The number of nitrogens with zero attached hydrogens (tertiary/aromatic N) is 2. The molecule has 122 valence electrons. The molecule has 6 nitrogen and oxygen atoms in total. The van der Waals surface area contributed by atoms with Gasteiger partial charge in [0, 0.05) is 6.07 Å². The summed E-state index contributed by atoms with van der Waals surface area (Å²) in [7, 11) is 0. The number of aromatic nitrogens is 2. The van der Waals surface area contributed by atoms with Gasteiger partial charge in [-0.3, -0.25) is 0 Å². The van der Waals surface area contributed by atoms with E-state index in [0.717, 1.165) is 0 Å². The molecule has 0 atom stereocenters. The molecular formula is C17H20N2O4. The first-order valence-corrected chi connectivity index (χ1v) is 7.38. The minimum absolute atomic E-state index is 0.0663. The van der Waals surface area contributed by atoms with Crippen molar-refractivity contribution in [3.8, 4) is 5.69 Å². The molecule has 1 aromatic heterocycles. The van der Waals surface area contributed by atoms with Crippen molar-refractivity contribution in [2.45, 2.75) is 33.3 Å². The van der Waals surface area contributed by atoms with Crippen LogP contribution in [0.3, 0.4) is 0 Å². The maximum Gasteiger partial charge on any atom is 0.358 e. The fourth-order valence-corrected chi connectivity index (χ4v) is 1.93. The molecule has 0 aliphatic heterocycles. The minimum atomic E-state index is -0.646. The molecule has 0 bridgehead atoms. The smallest absolute Gasteiger partial charge is 0.358 e. The molecule has 2 aromatic rings. The first kappa shape index (κ1) is 16.7. The molecule has 0 spiro atoms. The Labute approximate surface area is 135 Å². The number of carbonyl (C=O) groups excluding carboxylic acids is 2. The van der Waals surface area contributed by atoms with Crippen LogP contribution in [-0.4, -0.2) is 33.9 Å². The number of ether oxygens (including phenoxy) is 2. The topological polar surface area (TPSA) is 70.4 Å². The van der Waals surface area contributed by atoms with Crippen molar-refractivity contribution in [3.63, 3.8) is 0 Å². The largest absolute Gasteiger partial charge is 0.461 e. The van der Waals surface area contributed by atoms with E-state index in [0.29, 0.717) is 5.69 Å². The second kappa shape index (κ2) is 6.64. The second-order valence-corrected chi connectivity index (χ2v) is 5.88. The predicted molar refractivity (Wildman–Crippen MR) is 84.7 cm³/mol. The SMILES string of the molecule is CCOC(=O)c1cc(C(=O)OC(C)(C)C)n(-c2ccccc2)n1. The van der Waals surface area contributed by atoms with Gasteiger partial charge in [-0.15, -0.1) is 0 Å². The van der Waals surface area contributed by atoms with Gasteiger partial charge >= 0.3 is 11.9 Å². The van der Waals surface area contributed by atoms with E-state index in [2.05, 4.69) is 5.10 Å². The van der Waals surface area contributed by atoms with E-state index in [1.165, 1.54) is 10.7 Å². The lowest BCUT2D eigenvalue weighted by Gasteiger charge is -2.19.